The highest BCUT2D eigenvalue weighted by Gasteiger charge is 2.25. The monoisotopic (exact) mass is 297 g/mol. The standard InChI is InChI=1S/C19H27N3/c1-14(2)13-22-9-6-15(7-10-22)19(20)17-3-4-18-12-21-8-5-16(18)11-17/h3-5,8,11-12,14-15,19H,6-7,9-10,13,20H2,1-2H3. The van der Waals surface area contributed by atoms with Crippen LogP contribution >= 0.6 is 0 Å². The molecule has 0 bridgehead atoms. The molecule has 2 heterocycles. The lowest BCUT2D eigenvalue weighted by Gasteiger charge is -2.35. The molecular formula is C19H27N3. The van der Waals surface area contributed by atoms with Crippen LogP contribution in [0.5, 0.6) is 0 Å². The molecule has 1 saturated heterocycles. The Morgan fingerprint density at radius 2 is 1.95 bits per heavy atom. The number of hydrogen-bond acceptors (Lipinski definition) is 3. The summed E-state index contributed by atoms with van der Waals surface area (Å²) in [5.41, 5.74) is 7.84. The second-order valence-corrected chi connectivity index (χ2v) is 7.04. The third-order valence-electron chi connectivity index (χ3n) is 4.81. The number of benzene rings is 1. The Morgan fingerprint density at radius 1 is 1.18 bits per heavy atom. The normalized spacial score (nSPS) is 18.9. The van der Waals surface area contributed by atoms with E-state index in [-0.39, 0.29) is 6.04 Å². The van der Waals surface area contributed by atoms with E-state index >= 15 is 0 Å². The van der Waals surface area contributed by atoms with Gasteiger partial charge >= 0.3 is 0 Å². The van der Waals surface area contributed by atoms with E-state index in [0.29, 0.717) is 5.92 Å². The van der Waals surface area contributed by atoms with Gasteiger partial charge in [-0.2, -0.15) is 0 Å². The molecule has 1 aliphatic rings. The Bertz CT molecular complexity index is 615. The van der Waals surface area contributed by atoms with Crippen molar-refractivity contribution in [2.24, 2.45) is 17.6 Å². The topological polar surface area (TPSA) is 42.1 Å². The van der Waals surface area contributed by atoms with Gasteiger partial charge in [0, 0.05) is 30.4 Å². The maximum Gasteiger partial charge on any atom is 0.0346 e. The lowest BCUT2D eigenvalue weighted by molar-refractivity contribution is 0.155. The highest BCUT2D eigenvalue weighted by atomic mass is 15.1. The van der Waals surface area contributed by atoms with Gasteiger partial charge in [0.2, 0.25) is 0 Å². The number of likely N-dealkylation sites (tertiary alicyclic amines) is 1. The molecule has 118 valence electrons. The summed E-state index contributed by atoms with van der Waals surface area (Å²) in [6.45, 7) is 8.18. The molecular weight excluding hydrogens is 270 g/mol. The summed E-state index contributed by atoms with van der Waals surface area (Å²) in [4.78, 5) is 6.76. The Morgan fingerprint density at radius 3 is 2.68 bits per heavy atom. The largest absolute Gasteiger partial charge is 0.324 e. The maximum absolute atomic E-state index is 6.57. The van der Waals surface area contributed by atoms with E-state index in [4.69, 9.17) is 5.73 Å². The van der Waals surface area contributed by atoms with Crippen molar-refractivity contribution in [3.63, 3.8) is 0 Å². The molecule has 1 atom stereocenters. The van der Waals surface area contributed by atoms with Crippen LogP contribution in [0.3, 0.4) is 0 Å². The van der Waals surface area contributed by atoms with Gasteiger partial charge in [0.25, 0.3) is 0 Å². The van der Waals surface area contributed by atoms with Gasteiger partial charge in [-0.15, -0.1) is 0 Å². The summed E-state index contributed by atoms with van der Waals surface area (Å²) in [7, 11) is 0. The van der Waals surface area contributed by atoms with Gasteiger partial charge < -0.3 is 10.6 Å². The first kappa shape index (κ1) is 15.4. The van der Waals surface area contributed by atoms with E-state index in [2.05, 4.69) is 48.0 Å². The lowest BCUT2D eigenvalue weighted by Crippen LogP contribution is -2.39. The molecule has 1 aromatic carbocycles. The minimum Gasteiger partial charge on any atom is -0.324 e. The van der Waals surface area contributed by atoms with E-state index in [9.17, 15) is 0 Å². The Kier molecular flexibility index (Phi) is 4.74. The average Bonchev–Trinajstić information content (AvgIpc) is 2.54. The van der Waals surface area contributed by atoms with Crippen LogP contribution in [0.1, 0.15) is 38.3 Å². The number of aromatic nitrogens is 1. The molecule has 2 aromatic rings. The van der Waals surface area contributed by atoms with Crippen LogP contribution in [0.15, 0.2) is 36.7 Å². The zero-order valence-electron chi connectivity index (χ0n) is 13.7. The van der Waals surface area contributed by atoms with Gasteiger partial charge in [-0.05, 0) is 60.8 Å². The van der Waals surface area contributed by atoms with Crippen molar-refractivity contribution in [1.82, 2.24) is 9.88 Å². The molecule has 0 radical (unpaired) electrons. The van der Waals surface area contributed by atoms with E-state index in [1.807, 2.05) is 12.4 Å². The van der Waals surface area contributed by atoms with Crippen molar-refractivity contribution in [2.45, 2.75) is 32.7 Å². The van der Waals surface area contributed by atoms with Gasteiger partial charge in [0.05, 0.1) is 0 Å². The first-order chi connectivity index (χ1) is 10.6. The van der Waals surface area contributed by atoms with Crippen molar-refractivity contribution in [2.75, 3.05) is 19.6 Å². The van der Waals surface area contributed by atoms with Crippen molar-refractivity contribution in [1.29, 1.82) is 0 Å². The predicted octanol–water partition coefficient (Wildman–Crippen LogP) is 3.60. The second kappa shape index (κ2) is 6.76. The third kappa shape index (κ3) is 3.47. The van der Waals surface area contributed by atoms with Crippen LogP contribution in [0.4, 0.5) is 0 Å². The molecule has 3 heteroatoms. The zero-order valence-corrected chi connectivity index (χ0v) is 13.7. The van der Waals surface area contributed by atoms with Gasteiger partial charge in [-0.3, -0.25) is 4.98 Å². The molecule has 22 heavy (non-hydrogen) atoms. The number of fused-ring (bicyclic) bond motifs is 1. The van der Waals surface area contributed by atoms with E-state index < -0.39 is 0 Å². The number of piperidine rings is 1. The number of pyridine rings is 1. The van der Waals surface area contributed by atoms with E-state index in [0.717, 1.165) is 5.92 Å². The van der Waals surface area contributed by atoms with Gasteiger partial charge in [-0.1, -0.05) is 26.0 Å². The van der Waals surface area contributed by atoms with Crippen LogP contribution < -0.4 is 5.73 Å². The van der Waals surface area contributed by atoms with E-state index in [1.54, 1.807) is 0 Å². The van der Waals surface area contributed by atoms with Crippen LogP contribution in [0.25, 0.3) is 10.8 Å². The van der Waals surface area contributed by atoms with Crippen LogP contribution in [-0.4, -0.2) is 29.5 Å². The van der Waals surface area contributed by atoms with Crippen molar-refractivity contribution in [3.8, 4) is 0 Å². The van der Waals surface area contributed by atoms with Crippen molar-refractivity contribution in [3.05, 3.63) is 42.2 Å². The smallest absolute Gasteiger partial charge is 0.0346 e. The van der Waals surface area contributed by atoms with Crippen molar-refractivity contribution >= 4 is 10.8 Å². The van der Waals surface area contributed by atoms with Crippen LogP contribution in [0.2, 0.25) is 0 Å². The molecule has 1 fully saturated rings. The molecule has 3 nitrogen and oxygen atoms in total. The molecule has 1 aliphatic heterocycles. The summed E-state index contributed by atoms with van der Waals surface area (Å²) in [5, 5.41) is 2.42. The molecule has 0 saturated carbocycles. The van der Waals surface area contributed by atoms with Gasteiger partial charge in [0.15, 0.2) is 0 Å². The average molecular weight is 297 g/mol. The summed E-state index contributed by atoms with van der Waals surface area (Å²) in [6.07, 6.45) is 6.18. The quantitative estimate of drug-likeness (QED) is 0.937. The molecule has 0 amide bonds. The van der Waals surface area contributed by atoms with Crippen LogP contribution in [-0.2, 0) is 0 Å². The fourth-order valence-electron chi connectivity index (χ4n) is 3.59. The number of nitrogens with zero attached hydrogens (tertiary/aromatic N) is 2. The fraction of sp³-hybridized carbons (Fsp3) is 0.526. The second-order valence-electron chi connectivity index (χ2n) is 7.04. The molecule has 3 rings (SSSR count). The number of nitrogens with two attached hydrogens (primary N) is 1. The number of rotatable bonds is 4. The Hall–Kier alpha value is -1.45. The SMILES string of the molecule is CC(C)CN1CCC(C(N)c2ccc3cnccc3c2)CC1. The molecule has 2 N–H and O–H groups in total. The summed E-state index contributed by atoms with van der Waals surface area (Å²) < 4.78 is 0. The minimum atomic E-state index is 0.152. The van der Waals surface area contributed by atoms with Crippen LogP contribution in [0, 0.1) is 11.8 Å². The predicted molar refractivity (Wildman–Crippen MR) is 92.7 cm³/mol. The molecule has 1 unspecified atom stereocenters. The summed E-state index contributed by atoms with van der Waals surface area (Å²) in [5.74, 6) is 1.35. The number of hydrogen-bond donors (Lipinski definition) is 1. The molecule has 0 aliphatic carbocycles. The Balaban J connectivity index is 1.67. The lowest BCUT2D eigenvalue weighted by atomic mass is 9.85. The highest BCUT2D eigenvalue weighted by molar-refractivity contribution is 5.82. The minimum absolute atomic E-state index is 0.152. The van der Waals surface area contributed by atoms with Gasteiger partial charge in [-0.25, -0.2) is 0 Å². The molecule has 1 aromatic heterocycles. The summed E-state index contributed by atoms with van der Waals surface area (Å²) >= 11 is 0. The summed E-state index contributed by atoms with van der Waals surface area (Å²) in [6, 6.07) is 8.78. The highest BCUT2D eigenvalue weighted by Crippen LogP contribution is 2.30. The van der Waals surface area contributed by atoms with Crippen molar-refractivity contribution < 1.29 is 0 Å². The zero-order chi connectivity index (χ0) is 15.5. The van der Waals surface area contributed by atoms with Gasteiger partial charge in [0.1, 0.15) is 0 Å². The molecule has 0 spiro atoms. The third-order valence-corrected chi connectivity index (χ3v) is 4.81. The maximum atomic E-state index is 6.57. The first-order valence-electron chi connectivity index (χ1n) is 8.45. The first-order valence-corrected chi connectivity index (χ1v) is 8.45. The Labute approximate surface area is 133 Å². The van der Waals surface area contributed by atoms with E-state index in [1.165, 1.54) is 48.8 Å². The fourth-order valence-corrected chi connectivity index (χ4v) is 3.59.